The van der Waals surface area contributed by atoms with Gasteiger partial charge in [0.1, 0.15) is 6.61 Å². The van der Waals surface area contributed by atoms with Crippen LogP contribution in [-0.4, -0.2) is 37.3 Å². The number of aliphatic hydroxyl groups excluding tert-OH is 1. The Bertz CT molecular complexity index is 402. The summed E-state index contributed by atoms with van der Waals surface area (Å²) in [4.78, 5) is 0. The SMILES string of the molecule is CC1(Cc2ccc(OCCO)c(F)c2)OCCO1. The fourth-order valence-electron chi connectivity index (χ4n) is 1.96. The minimum Gasteiger partial charge on any atom is -0.488 e. The zero-order valence-electron chi connectivity index (χ0n) is 10.3. The van der Waals surface area contributed by atoms with Gasteiger partial charge < -0.3 is 19.3 Å². The molecule has 1 saturated heterocycles. The summed E-state index contributed by atoms with van der Waals surface area (Å²) >= 11 is 0. The molecule has 1 aromatic carbocycles. The Morgan fingerprint density at radius 3 is 2.72 bits per heavy atom. The highest BCUT2D eigenvalue weighted by molar-refractivity contribution is 5.30. The van der Waals surface area contributed by atoms with Gasteiger partial charge in [0.15, 0.2) is 17.4 Å². The van der Waals surface area contributed by atoms with E-state index in [1.54, 1.807) is 12.1 Å². The molecule has 18 heavy (non-hydrogen) atoms. The van der Waals surface area contributed by atoms with E-state index in [0.717, 1.165) is 5.56 Å². The van der Waals surface area contributed by atoms with E-state index in [-0.39, 0.29) is 19.0 Å². The number of aliphatic hydroxyl groups is 1. The zero-order valence-corrected chi connectivity index (χ0v) is 10.3. The standard InChI is InChI=1S/C13H17FO4/c1-13(17-6-7-18-13)9-10-2-3-12(11(14)8-10)16-5-4-15/h2-3,8,15H,4-7,9H2,1H3. The molecule has 1 N–H and O–H groups in total. The molecule has 0 aliphatic carbocycles. The molecule has 2 rings (SSSR count). The first kappa shape index (κ1) is 13.3. The molecule has 1 aliphatic heterocycles. The van der Waals surface area contributed by atoms with Crippen LogP contribution in [0.25, 0.3) is 0 Å². The number of ether oxygens (including phenoxy) is 3. The Hall–Kier alpha value is -1.17. The summed E-state index contributed by atoms with van der Waals surface area (Å²) in [6.07, 6.45) is 0.490. The first-order valence-corrected chi connectivity index (χ1v) is 5.93. The molecule has 0 unspecified atom stereocenters. The summed E-state index contributed by atoms with van der Waals surface area (Å²) in [5.41, 5.74) is 0.785. The van der Waals surface area contributed by atoms with Gasteiger partial charge in [0.25, 0.3) is 0 Å². The normalized spacial score (nSPS) is 17.9. The fourth-order valence-corrected chi connectivity index (χ4v) is 1.96. The number of hydrogen-bond acceptors (Lipinski definition) is 4. The van der Waals surface area contributed by atoms with Crippen molar-refractivity contribution in [2.75, 3.05) is 26.4 Å². The number of hydrogen-bond donors (Lipinski definition) is 1. The minimum atomic E-state index is -0.667. The second kappa shape index (κ2) is 5.65. The maximum atomic E-state index is 13.7. The van der Waals surface area contributed by atoms with Crippen molar-refractivity contribution in [1.82, 2.24) is 0 Å². The topological polar surface area (TPSA) is 47.9 Å². The van der Waals surface area contributed by atoms with E-state index >= 15 is 0 Å². The van der Waals surface area contributed by atoms with Gasteiger partial charge in [-0.15, -0.1) is 0 Å². The Balaban J connectivity index is 2.04. The van der Waals surface area contributed by atoms with Gasteiger partial charge in [-0.1, -0.05) is 6.07 Å². The lowest BCUT2D eigenvalue weighted by Crippen LogP contribution is -2.28. The van der Waals surface area contributed by atoms with Gasteiger partial charge >= 0.3 is 0 Å². The largest absolute Gasteiger partial charge is 0.488 e. The van der Waals surface area contributed by atoms with Gasteiger partial charge in [-0.25, -0.2) is 4.39 Å². The molecule has 0 aromatic heterocycles. The van der Waals surface area contributed by atoms with Crippen LogP contribution >= 0.6 is 0 Å². The molecular weight excluding hydrogens is 239 g/mol. The molecule has 0 spiro atoms. The Morgan fingerprint density at radius 1 is 1.39 bits per heavy atom. The van der Waals surface area contributed by atoms with Crippen molar-refractivity contribution in [2.24, 2.45) is 0 Å². The number of rotatable bonds is 5. The third-order valence-corrected chi connectivity index (χ3v) is 2.77. The molecule has 1 fully saturated rings. The lowest BCUT2D eigenvalue weighted by Gasteiger charge is -2.22. The molecule has 5 heteroatoms. The fraction of sp³-hybridized carbons (Fsp3) is 0.538. The average Bonchev–Trinajstić information content (AvgIpc) is 2.75. The maximum Gasteiger partial charge on any atom is 0.169 e. The van der Waals surface area contributed by atoms with Gasteiger partial charge in [-0.2, -0.15) is 0 Å². The predicted molar refractivity (Wildman–Crippen MR) is 63.0 cm³/mol. The van der Waals surface area contributed by atoms with Gasteiger partial charge in [0.2, 0.25) is 0 Å². The van der Waals surface area contributed by atoms with Crippen LogP contribution in [0.5, 0.6) is 5.75 Å². The van der Waals surface area contributed by atoms with Crippen molar-refractivity contribution in [1.29, 1.82) is 0 Å². The third-order valence-electron chi connectivity index (χ3n) is 2.77. The summed E-state index contributed by atoms with van der Waals surface area (Å²) < 4.78 is 29.7. The summed E-state index contributed by atoms with van der Waals surface area (Å²) in [6, 6.07) is 4.73. The molecule has 1 heterocycles. The van der Waals surface area contributed by atoms with Crippen LogP contribution in [-0.2, 0) is 15.9 Å². The van der Waals surface area contributed by atoms with Crippen molar-refractivity contribution in [2.45, 2.75) is 19.1 Å². The first-order valence-electron chi connectivity index (χ1n) is 5.93. The highest BCUT2D eigenvalue weighted by Crippen LogP contribution is 2.26. The Morgan fingerprint density at radius 2 is 2.11 bits per heavy atom. The molecule has 1 aliphatic rings. The maximum absolute atomic E-state index is 13.7. The molecule has 0 bridgehead atoms. The second-order valence-electron chi connectivity index (χ2n) is 4.34. The van der Waals surface area contributed by atoms with E-state index in [1.165, 1.54) is 6.07 Å². The van der Waals surface area contributed by atoms with E-state index in [0.29, 0.717) is 19.6 Å². The second-order valence-corrected chi connectivity index (χ2v) is 4.34. The van der Waals surface area contributed by atoms with E-state index in [9.17, 15) is 4.39 Å². The predicted octanol–water partition coefficient (Wildman–Crippen LogP) is 1.50. The lowest BCUT2D eigenvalue weighted by molar-refractivity contribution is -0.140. The van der Waals surface area contributed by atoms with Gasteiger partial charge in [-0.3, -0.25) is 0 Å². The summed E-state index contributed by atoms with van der Waals surface area (Å²) in [5.74, 6) is -0.964. The van der Waals surface area contributed by atoms with Crippen LogP contribution < -0.4 is 4.74 Å². The van der Waals surface area contributed by atoms with Crippen molar-refractivity contribution in [3.05, 3.63) is 29.6 Å². The van der Waals surface area contributed by atoms with Gasteiger partial charge in [0, 0.05) is 6.42 Å². The summed E-state index contributed by atoms with van der Waals surface area (Å²) in [7, 11) is 0. The van der Waals surface area contributed by atoms with Crippen LogP contribution in [0.1, 0.15) is 12.5 Å². The van der Waals surface area contributed by atoms with E-state index in [1.807, 2.05) is 6.92 Å². The molecular formula is C13H17FO4. The van der Waals surface area contributed by atoms with Gasteiger partial charge in [0.05, 0.1) is 19.8 Å². The minimum absolute atomic E-state index is 0.0835. The molecule has 0 atom stereocenters. The lowest BCUT2D eigenvalue weighted by atomic mass is 10.1. The smallest absolute Gasteiger partial charge is 0.169 e. The highest BCUT2D eigenvalue weighted by atomic mass is 19.1. The van der Waals surface area contributed by atoms with E-state index in [4.69, 9.17) is 19.3 Å². The van der Waals surface area contributed by atoms with Crippen molar-refractivity contribution < 1.29 is 23.7 Å². The average molecular weight is 256 g/mol. The van der Waals surface area contributed by atoms with Crippen LogP contribution in [0.4, 0.5) is 4.39 Å². The number of halogens is 1. The molecule has 100 valence electrons. The van der Waals surface area contributed by atoms with Crippen LogP contribution in [0, 0.1) is 5.82 Å². The molecule has 4 nitrogen and oxygen atoms in total. The molecule has 0 radical (unpaired) electrons. The van der Waals surface area contributed by atoms with Crippen molar-refractivity contribution in [3.8, 4) is 5.75 Å². The molecule has 0 amide bonds. The quantitative estimate of drug-likeness (QED) is 0.867. The van der Waals surface area contributed by atoms with Crippen molar-refractivity contribution >= 4 is 0 Å². The highest BCUT2D eigenvalue weighted by Gasteiger charge is 2.31. The molecule has 0 saturated carbocycles. The van der Waals surface area contributed by atoms with Gasteiger partial charge in [-0.05, 0) is 24.6 Å². The monoisotopic (exact) mass is 256 g/mol. The summed E-state index contributed by atoms with van der Waals surface area (Å²) in [6.45, 7) is 2.92. The first-order chi connectivity index (χ1) is 8.63. The third kappa shape index (κ3) is 3.19. The Kier molecular flexibility index (Phi) is 4.16. The number of benzene rings is 1. The van der Waals surface area contributed by atoms with E-state index < -0.39 is 11.6 Å². The van der Waals surface area contributed by atoms with Crippen LogP contribution in [0.15, 0.2) is 18.2 Å². The summed E-state index contributed by atoms with van der Waals surface area (Å²) in [5, 5.41) is 8.62. The van der Waals surface area contributed by atoms with Crippen LogP contribution in [0.3, 0.4) is 0 Å². The van der Waals surface area contributed by atoms with Crippen molar-refractivity contribution in [3.63, 3.8) is 0 Å². The van der Waals surface area contributed by atoms with E-state index in [2.05, 4.69) is 0 Å². The van der Waals surface area contributed by atoms with Crippen LogP contribution in [0.2, 0.25) is 0 Å². The zero-order chi connectivity index (χ0) is 13.0. The molecule has 1 aromatic rings. The Labute approximate surface area is 105 Å².